The van der Waals surface area contributed by atoms with E-state index in [2.05, 4.69) is 15.3 Å². The number of carbonyl (C=O) groups is 2. The molecule has 7 heteroatoms. The Balaban J connectivity index is 1.42. The van der Waals surface area contributed by atoms with Crippen molar-refractivity contribution in [1.82, 2.24) is 9.97 Å². The van der Waals surface area contributed by atoms with Gasteiger partial charge < -0.3 is 19.8 Å². The Kier molecular flexibility index (Phi) is 7.57. The Morgan fingerprint density at radius 1 is 0.943 bits per heavy atom. The average molecular weight is 470 g/mol. The molecular weight excluding hydrogens is 442 g/mol. The minimum atomic E-state index is -0.399. The average Bonchev–Trinajstić information content (AvgIpc) is 3.22. The van der Waals surface area contributed by atoms with Crippen molar-refractivity contribution in [3.05, 3.63) is 102 Å². The SMILES string of the molecule is CCOC(=O)COc1ccc(Cc2nc(C)c(NC(=O)c3ccccc3-c3ccccc3)[nH]2)cc1. The number of carbonyl (C=O) groups excluding carboxylic acids is 2. The summed E-state index contributed by atoms with van der Waals surface area (Å²) in [5.41, 5.74) is 4.16. The number of aromatic amines is 1. The molecular formula is C28H27N3O4. The summed E-state index contributed by atoms with van der Waals surface area (Å²) in [5, 5.41) is 2.97. The van der Waals surface area contributed by atoms with Crippen LogP contribution < -0.4 is 10.1 Å². The summed E-state index contributed by atoms with van der Waals surface area (Å²) in [6.07, 6.45) is 0.551. The number of benzene rings is 3. The molecule has 0 aliphatic heterocycles. The molecule has 0 saturated carbocycles. The summed E-state index contributed by atoms with van der Waals surface area (Å²) in [7, 11) is 0. The molecule has 0 fully saturated rings. The van der Waals surface area contributed by atoms with Crippen LogP contribution in [0.3, 0.4) is 0 Å². The molecule has 0 aliphatic rings. The van der Waals surface area contributed by atoms with Crippen molar-refractivity contribution < 1.29 is 19.1 Å². The number of ether oxygens (including phenoxy) is 2. The number of imidazole rings is 1. The molecule has 0 unspecified atom stereocenters. The number of nitrogens with zero attached hydrogens (tertiary/aromatic N) is 1. The molecule has 1 amide bonds. The van der Waals surface area contributed by atoms with Crippen LogP contribution in [0.2, 0.25) is 0 Å². The van der Waals surface area contributed by atoms with Gasteiger partial charge in [-0.1, -0.05) is 60.7 Å². The molecule has 3 aromatic carbocycles. The molecule has 0 spiro atoms. The number of rotatable bonds is 9. The number of aromatic nitrogens is 2. The zero-order chi connectivity index (χ0) is 24.6. The topological polar surface area (TPSA) is 93.3 Å². The zero-order valence-electron chi connectivity index (χ0n) is 19.7. The van der Waals surface area contributed by atoms with Gasteiger partial charge in [-0.15, -0.1) is 0 Å². The summed E-state index contributed by atoms with van der Waals surface area (Å²) in [5.74, 6) is 1.29. The van der Waals surface area contributed by atoms with Crippen molar-refractivity contribution in [1.29, 1.82) is 0 Å². The number of amides is 1. The highest BCUT2D eigenvalue weighted by atomic mass is 16.6. The Bertz CT molecular complexity index is 1300. The number of nitrogens with one attached hydrogen (secondary N) is 2. The number of anilines is 1. The standard InChI is InChI=1S/C28H27N3O4/c1-3-34-26(32)18-35-22-15-13-20(14-16-22)17-25-29-19(2)27(30-25)31-28(33)24-12-8-7-11-23(24)21-9-5-4-6-10-21/h4-16H,3,17-18H2,1-2H3,(H,29,30)(H,31,33). The molecule has 0 saturated heterocycles. The van der Waals surface area contributed by atoms with E-state index in [0.717, 1.165) is 22.5 Å². The number of aryl methyl sites for hydroxylation is 1. The molecule has 0 bridgehead atoms. The quantitative estimate of drug-likeness (QED) is 0.330. The minimum Gasteiger partial charge on any atom is -0.482 e. The number of esters is 1. The van der Waals surface area contributed by atoms with Gasteiger partial charge in [0, 0.05) is 12.0 Å². The smallest absolute Gasteiger partial charge is 0.344 e. The summed E-state index contributed by atoms with van der Waals surface area (Å²) < 4.78 is 10.3. The van der Waals surface area contributed by atoms with E-state index in [4.69, 9.17) is 9.47 Å². The lowest BCUT2D eigenvalue weighted by atomic mass is 9.99. The predicted octanol–water partition coefficient (Wildman–Crippen LogP) is 5.17. The second-order valence-corrected chi connectivity index (χ2v) is 7.92. The summed E-state index contributed by atoms with van der Waals surface area (Å²) in [6.45, 7) is 3.81. The third kappa shape index (κ3) is 6.14. The van der Waals surface area contributed by atoms with Gasteiger partial charge in [0.15, 0.2) is 6.61 Å². The van der Waals surface area contributed by atoms with Crippen molar-refractivity contribution >= 4 is 17.7 Å². The van der Waals surface area contributed by atoms with Gasteiger partial charge >= 0.3 is 5.97 Å². The first-order valence-corrected chi connectivity index (χ1v) is 11.4. The number of H-pyrrole nitrogens is 1. The fraction of sp³-hybridized carbons (Fsp3) is 0.179. The highest BCUT2D eigenvalue weighted by molar-refractivity contribution is 6.08. The molecule has 178 valence electrons. The molecule has 0 aliphatic carbocycles. The lowest BCUT2D eigenvalue weighted by molar-refractivity contribution is -0.145. The predicted molar refractivity (Wildman–Crippen MR) is 135 cm³/mol. The largest absolute Gasteiger partial charge is 0.482 e. The second kappa shape index (κ2) is 11.2. The van der Waals surface area contributed by atoms with E-state index in [0.29, 0.717) is 35.9 Å². The molecule has 1 heterocycles. The third-order valence-corrected chi connectivity index (χ3v) is 5.39. The van der Waals surface area contributed by atoms with Gasteiger partial charge in [-0.25, -0.2) is 9.78 Å². The molecule has 35 heavy (non-hydrogen) atoms. The monoisotopic (exact) mass is 469 g/mol. The Labute approximate surface area is 204 Å². The Morgan fingerprint density at radius 3 is 2.40 bits per heavy atom. The van der Waals surface area contributed by atoms with Gasteiger partial charge in [0.25, 0.3) is 5.91 Å². The lowest BCUT2D eigenvalue weighted by Crippen LogP contribution is -2.14. The third-order valence-electron chi connectivity index (χ3n) is 5.39. The van der Waals surface area contributed by atoms with Crippen molar-refractivity contribution in [3.8, 4) is 16.9 Å². The zero-order valence-corrected chi connectivity index (χ0v) is 19.7. The first-order valence-electron chi connectivity index (χ1n) is 11.4. The highest BCUT2D eigenvalue weighted by Crippen LogP contribution is 2.25. The van der Waals surface area contributed by atoms with Crippen LogP contribution in [0.4, 0.5) is 5.82 Å². The van der Waals surface area contributed by atoms with Crippen molar-refractivity contribution in [2.45, 2.75) is 20.3 Å². The fourth-order valence-electron chi connectivity index (χ4n) is 3.70. The van der Waals surface area contributed by atoms with Crippen molar-refractivity contribution in [2.24, 2.45) is 0 Å². The first-order chi connectivity index (χ1) is 17.0. The Morgan fingerprint density at radius 2 is 1.66 bits per heavy atom. The van der Waals surface area contributed by atoms with E-state index in [-0.39, 0.29) is 12.5 Å². The lowest BCUT2D eigenvalue weighted by Gasteiger charge is -2.10. The van der Waals surface area contributed by atoms with Gasteiger partial charge in [-0.3, -0.25) is 4.79 Å². The molecule has 2 N–H and O–H groups in total. The van der Waals surface area contributed by atoms with E-state index in [1.54, 1.807) is 19.1 Å². The molecule has 4 aromatic rings. The number of hydrogen-bond acceptors (Lipinski definition) is 5. The molecule has 0 radical (unpaired) electrons. The molecule has 7 nitrogen and oxygen atoms in total. The second-order valence-electron chi connectivity index (χ2n) is 7.92. The van der Waals surface area contributed by atoms with E-state index in [1.165, 1.54) is 0 Å². The van der Waals surface area contributed by atoms with Gasteiger partial charge in [0.2, 0.25) is 0 Å². The molecule has 4 rings (SSSR count). The van der Waals surface area contributed by atoms with Crippen LogP contribution >= 0.6 is 0 Å². The van der Waals surface area contributed by atoms with E-state index in [1.807, 2.05) is 73.7 Å². The minimum absolute atomic E-state index is 0.124. The van der Waals surface area contributed by atoms with Gasteiger partial charge in [0.1, 0.15) is 17.4 Å². The van der Waals surface area contributed by atoms with Crippen LogP contribution in [0, 0.1) is 6.92 Å². The van der Waals surface area contributed by atoms with Crippen LogP contribution in [0.5, 0.6) is 5.75 Å². The van der Waals surface area contributed by atoms with Crippen molar-refractivity contribution in [2.75, 3.05) is 18.5 Å². The van der Waals surface area contributed by atoms with Gasteiger partial charge in [-0.05, 0) is 48.7 Å². The molecule has 0 atom stereocenters. The van der Waals surface area contributed by atoms with E-state index in [9.17, 15) is 9.59 Å². The summed E-state index contributed by atoms with van der Waals surface area (Å²) in [6, 6.07) is 24.8. The fourth-order valence-corrected chi connectivity index (χ4v) is 3.70. The highest BCUT2D eigenvalue weighted by Gasteiger charge is 2.15. The van der Waals surface area contributed by atoms with Crippen LogP contribution in [0.15, 0.2) is 78.9 Å². The van der Waals surface area contributed by atoms with E-state index >= 15 is 0 Å². The van der Waals surface area contributed by atoms with Gasteiger partial charge in [-0.2, -0.15) is 0 Å². The van der Waals surface area contributed by atoms with E-state index < -0.39 is 5.97 Å². The van der Waals surface area contributed by atoms with Crippen LogP contribution in [0.25, 0.3) is 11.1 Å². The first kappa shape index (κ1) is 23.8. The van der Waals surface area contributed by atoms with Crippen LogP contribution in [0.1, 0.15) is 34.4 Å². The van der Waals surface area contributed by atoms with Crippen LogP contribution in [-0.2, 0) is 16.0 Å². The van der Waals surface area contributed by atoms with Crippen molar-refractivity contribution in [3.63, 3.8) is 0 Å². The summed E-state index contributed by atoms with van der Waals surface area (Å²) in [4.78, 5) is 32.3. The maximum atomic E-state index is 13.1. The number of hydrogen-bond donors (Lipinski definition) is 2. The Hall–Kier alpha value is -4.39. The normalized spacial score (nSPS) is 10.6. The van der Waals surface area contributed by atoms with Crippen LogP contribution in [-0.4, -0.2) is 35.1 Å². The maximum Gasteiger partial charge on any atom is 0.344 e. The molecule has 1 aromatic heterocycles. The summed E-state index contributed by atoms with van der Waals surface area (Å²) >= 11 is 0. The maximum absolute atomic E-state index is 13.1. The van der Waals surface area contributed by atoms with Gasteiger partial charge in [0.05, 0.1) is 12.3 Å².